The van der Waals surface area contributed by atoms with Gasteiger partial charge in [0.2, 0.25) is 0 Å². The number of fused-ring (bicyclic) bond motifs is 5. The molecule has 4 rings (SSSR count). The lowest BCUT2D eigenvalue weighted by atomic mass is 9.47. The second-order valence-corrected chi connectivity index (χ2v) is 9.96. The summed E-state index contributed by atoms with van der Waals surface area (Å²) in [7, 11) is 0. The summed E-state index contributed by atoms with van der Waals surface area (Å²) in [6.45, 7) is 10.9. The first kappa shape index (κ1) is 19.8. The van der Waals surface area contributed by atoms with Crippen LogP contribution in [-0.2, 0) is 9.59 Å². The molecule has 2 heteroatoms. The number of hydrogen-bond acceptors (Lipinski definition) is 2. The van der Waals surface area contributed by atoms with Gasteiger partial charge in [-0.25, -0.2) is 0 Å². The predicted octanol–water partition coefficient (Wildman–Crippen LogP) is 6.14. The minimum atomic E-state index is 0.245. The van der Waals surface area contributed by atoms with E-state index in [4.69, 9.17) is 0 Å². The molecule has 0 heterocycles. The highest BCUT2D eigenvalue weighted by Gasteiger charge is 2.59. The summed E-state index contributed by atoms with van der Waals surface area (Å²) in [6, 6.07) is 0. The highest BCUT2D eigenvalue weighted by molar-refractivity contribution is 5.91. The highest BCUT2D eigenvalue weighted by atomic mass is 16.1. The highest BCUT2D eigenvalue weighted by Crippen LogP contribution is 2.66. The van der Waals surface area contributed by atoms with Crippen LogP contribution >= 0.6 is 0 Å². The maximum atomic E-state index is 12.1. The Balaban J connectivity index is 0.000000613. The smallest absolute Gasteiger partial charge is 0.155 e. The zero-order valence-electron chi connectivity index (χ0n) is 17.6. The average molecular weight is 359 g/mol. The van der Waals surface area contributed by atoms with E-state index in [1.54, 1.807) is 6.92 Å². The van der Waals surface area contributed by atoms with Gasteiger partial charge in [-0.05, 0) is 86.5 Å². The van der Waals surface area contributed by atoms with Gasteiger partial charge in [0.1, 0.15) is 5.78 Å². The maximum absolute atomic E-state index is 12.1. The fourth-order valence-corrected chi connectivity index (χ4v) is 7.23. The van der Waals surface area contributed by atoms with Crippen LogP contribution in [0.15, 0.2) is 11.6 Å². The van der Waals surface area contributed by atoms with E-state index in [2.05, 4.69) is 27.7 Å². The summed E-state index contributed by atoms with van der Waals surface area (Å²) in [5.74, 6) is 3.29. The molecule has 0 unspecified atom stereocenters. The number of rotatable bonds is 1. The van der Waals surface area contributed by atoms with Crippen molar-refractivity contribution < 1.29 is 9.59 Å². The second kappa shape index (κ2) is 7.24. The maximum Gasteiger partial charge on any atom is 0.155 e. The van der Waals surface area contributed by atoms with Gasteiger partial charge in [0.05, 0.1) is 0 Å². The Morgan fingerprint density at radius 2 is 1.73 bits per heavy atom. The summed E-state index contributed by atoms with van der Waals surface area (Å²) in [5, 5.41) is 0. The van der Waals surface area contributed by atoms with E-state index < -0.39 is 0 Å². The van der Waals surface area contributed by atoms with Crippen molar-refractivity contribution in [1.82, 2.24) is 0 Å². The number of hydrogen-bond donors (Lipinski definition) is 0. The van der Waals surface area contributed by atoms with Crippen LogP contribution in [0.3, 0.4) is 0 Å². The Hall–Kier alpha value is -0.920. The van der Waals surface area contributed by atoms with Gasteiger partial charge in [-0.2, -0.15) is 0 Å². The van der Waals surface area contributed by atoms with Crippen LogP contribution in [-0.4, -0.2) is 11.6 Å². The Labute approximate surface area is 160 Å². The summed E-state index contributed by atoms with van der Waals surface area (Å²) in [4.78, 5) is 24.0. The molecule has 2 nitrogen and oxygen atoms in total. The molecule has 0 spiro atoms. The Morgan fingerprint density at radius 1 is 1.04 bits per heavy atom. The summed E-state index contributed by atoms with van der Waals surface area (Å²) < 4.78 is 0. The molecule has 0 aromatic carbocycles. The Bertz CT molecular complexity index is 603. The summed E-state index contributed by atoms with van der Waals surface area (Å²) in [6.07, 6.45) is 12.2. The first-order valence-electron chi connectivity index (χ1n) is 11.0. The van der Waals surface area contributed by atoms with E-state index in [0.29, 0.717) is 17.5 Å². The molecule has 146 valence electrons. The lowest BCUT2D eigenvalue weighted by Gasteiger charge is -2.58. The van der Waals surface area contributed by atoms with Crippen LogP contribution in [0.2, 0.25) is 0 Å². The molecule has 3 fully saturated rings. The molecule has 3 saturated carbocycles. The van der Waals surface area contributed by atoms with Crippen LogP contribution in [0.1, 0.15) is 92.4 Å². The SMILES string of the molecule is CC(=O)[C@H]1CC[C@H]2[C@@H]3CCC4=CC(=O)CC[C@@]4(C)[C@@H]3CC[C@]12C.CCC. The van der Waals surface area contributed by atoms with Crippen molar-refractivity contribution in [3.05, 3.63) is 11.6 Å². The second-order valence-electron chi connectivity index (χ2n) is 9.96. The topological polar surface area (TPSA) is 34.1 Å². The van der Waals surface area contributed by atoms with E-state index in [1.807, 2.05) is 6.08 Å². The molecule has 0 aliphatic heterocycles. The van der Waals surface area contributed by atoms with Crippen molar-refractivity contribution in [3.8, 4) is 0 Å². The van der Waals surface area contributed by atoms with Crippen molar-refractivity contribution in [2.45, 2.75) is 92.4 Å². The van der Waals surface area contributed by atoms with Crippen LogP contribution < -0.4 is 0 Å². The lowest BCUT2D eigenvalue weighted by Crippen LogP contribution is -2.51. The molecule has 0 aromatic rings. The molecule has 4 aliphatic carbocycles. The van der Waals surface area contributed by atoms with Crippen LogP contribution in [0.4, 0.5) is 0 Å². The number of carbonyl (C=O) groups excluding carboxylic acids is 2. The van der Waals surface area contributed by atoms with E-state index in [0.717, 1.165) is 43.4 Å². The molecule has 0 amide bonds. The number of Topliss-reactive ketones (excluding diaryl/α,β-unsaturated/α-hetero) is 1. The monoisotopic (exact) mass is 358 g/mol. The minimum absolute atomic E-state index is 0.245. The third-order valence-electron chi connectivity index (χ3n) is 8.45. The first-order chi connectivity index (χ1) is 12.3. The molecule has 0 bridgehead atoms. The van der Waals surface area contributed by atoms with Gasteiger partial charge in [-0.1, -0.05) is 39.7 Å². The lowest BCUT2D eigenvalue weighted by molar-refractivity contribution is -0.128. The van der Waals surface area contributed by atoms with Gasteiger partial charge in [-0.3, -0.25) is 9.59 Å². The Morgan fingerprint density at radius 3 is 2.38 bits per heavy atom. The quantitative estimate of drug-likeness (QED) is 0.564. The van der Waals surface area contributed by atoms with Crippen molar-refractivity contribution in [2.24, 2.45) is 34.5 Å². The van der Waals surface area contributed by atoms with Crippen LogP contribution in [0.25, 0.3) is 0 Å². The van der Waals surface area contributed by atoms with Gasteiger partial charge in [-0.15, -0.1) is 0 Å². The normalized spacial score (nSPS) is 44.0. The zero-order chi connectivity index (χ0) is 19.1. The molecular weight excluding hydrogens is 320 g/mol. The molecule has 0 N–H and O–H groups in total. The van der Waals surface area contributed by atoms with E-state index in [-0.39, 0.29) is 10.8 Å². The average Bonchev–Trinajstić information content (AvgIpc) is 2.93. The molecular formula is C24H38O2. The van der Waals surface area contributed by atoms with Gasteiger partial charge < -0.3 is 0 Å². The minimum Gasteiger partial charge on any atom is -0.300 e. The largest absolute Gasteiger partial charge is 0.300 e. The molecule has 0 aromatic heterocycles. The molecule has 26 heavy (non-hydrogen) atoms. The van der Waals surface area contributed by atoms with Crippen molar-refractivity contribution >= 4 is 11.6 Å². The zero-order valence-corrected chi connectivity index (χ0v) is 17.6. The van der Waals surface area contributed by atoms with Crippen molar-refractivity contribution in [1.29, 1.82) is 0 Å². The van der Waals surface area contributed by atoms with E-state index >= 15 is 0 Å². The molecule has 0 saturated heterocycles. The summed E-state index contributed by atoms with van der Waals surface area (Å²) in [5.41, 5.74) is 1.95. The standard InChI is InChI=1S/C21H30O2.C3H8/c1-13(22)17-6-7-18-16-5-4-14-12-15(23)8-10-20(14,2)19(16)9-11-21(17,18)3;1-3-2/h12,16-19H,4-11H2,1-3H3;3H2,1-2H3/t16-,17+,18-,19+,20+,21+;/m0./s1. The van der Waals surface area contributed by atoms with Gasteiger partial charge >= 0.3 is 0 Å². The van der Waals surface area contributed by atoms with Crippen molar-refractivity contribution in [3.63, 3.8) is 0 Å². The van der Waals surface area contributed by atoms with Gasteiger partial charge in [0, 0.05) is 12.3 Å². The fraction of sp³-hybridized carbons (Fsp3) is 0.833. The molecule has 4 aliphatic rings. The first-order valence-corrected chi connectivity index (χ1v) is 11.0. The van der Waals surface area contributed by atoms with Gasteiger partial charge in [0.25, 0.3) is 0 Å². The molecule has 6 atom stereocenters. The molecule has 0 radical (unpaired) electrons. The number of ketones is 2. The Kier molecular flexibility index (Phi) is 5.53. The van der Waals surface area contributed by atoms with Crippen molar-refractivity contribution in [2.75, 3.05) is 0 Å². The summed E-state index contributed by atoms with van der Waals surface area (Å²) >= 11 is 0. The van der Waals surface area contributed by atoms with Gasteiger partial charge in [0.15, 0.2) is 5.78 Å². The van der Waals surface area contributed by atoms with Crippen LogP contribution in [0.5, 0.6) is 0 Å². The third-order valence-corrected chi connectivity index (χ3v) is 8.45. The number of allylic oxidation sites excluding steroid dienone is 1. The third kappa shape index (κ3) is 3.02. The fourth-order valence-electron chi connectivity index (χ4n) is 7.23. The van der Waals surface area contributed by atoms with E-state index in [9.17, 15) is 9.59 Å². The van der Waals surface area contributed by atoms with E-state index in [1.165, 1.54) is 37.7 Å². The van der Waals surface area contributed by atoms with Crippen LogP contribution in [0, 0.1) is 34.5 Å². The number of carbonyl (C=O) groups is 2. The predicted molar refractivity (Wildman–Crippen MR) is 107 cm³/mol.